The van der Waals surface area contributed by atoms with Crippen LogP contribution in [0.1, 0.15) is 40.0 Å². The van der Waals surface area contributed by atoms with Crippen LogP contribution in [0.5, 0.6) is 0 Å². The van der Waals surface area contributed by atoms with E-state index >= 15 is 0 Å². The Bertz CT molecular complexity index is 519. The molecule has 0 spiro atoms. The zero-order valence-corrected chi connectivity index (χ0v) is 19.2. The number of aliphatic carboxylic acids is 1. The van der Waals surface area contributed by atoms with Gasteiger partial charge in [-0.25, -0.2) is 4.79 Å². The van der Waals surface area contributed by atoms with Crippen LogP contribution in [0.4, 0.5) is 13.2 Å². The summed E-state index contributed by atoms with van der Waals surface area (Å²) in [7, 11) is 1.70. The Hall–Kier alpha value is -0.695. The van der Waals surface area contributed by atoms with Crippen LogP contribution in [0, 0.1) is 0 Å². The number of unbranched alkanes of at least 4 members (excludes halogenated alkanes) is 1. The minimum atomic E-state index is -5.08. The monoisotopic (exact) mass is 523 g/mol. The van der Waals surface area contributed by atoms with E-state index in [1.807, 2.05) is 6.92 Å². The first-order valence-electron chi connectivity index (χ1n) is 7.05. The zero-order chi connectivity index (χ0) is 18.4. The van der Waals surface area contributed by atoms with Gasteiger partial charge in [0.05, 0.1) is 0 Å². The van der Waals surface area contributed by atoms with Gasteiger partial charge in [-0.05, 0) is 0 Å². The van der Waals surface area contributed by atoms with Crippen molar-refractivity contribution in [3.05, 3.63) is 20.3 Å². The van der Waals surface area contributed by atoms with E-state index in [1.54, 1.807) is 13.2 Å². The van der Waals surface area contributed by atoms with Crippen molar-refractivity contribution >= 4 is 11.8 Å². The second kappa shape index (κ2) is 8.96. The van der Waals surface area contributed by atoms with Crippen molar-refractivity contribution in [2.75, 3.05) is 7.11 Å². The Labute approximate surface area is 149 Å². The summed E-state index contributed by atoms with van der Waals surface area (Å²) in [5.41, 5.74) is 1.61. The van der Waals surface area contributed by atoms with Gasteiger partial charge in [-0.2, -0.15) is 13.2 Å². The van der Waals surface area contributed by atoms with E-state index in [0.717, 1.165) is 30.4 Å². The van der Waals surface area contributed by atoms with Crippen LogP contribution in [0.25, 0.3) is 0 Å². The molecule has 0 amide bonds. The third kappa shape index (κ3) is 6.02. The first kappa shape index (κ1) is 22.3. The molecule has 0 bridgehead atoms. The molecule has 1 aliphatic rings. The summed E-state index contributed by atoms with van der Waals surface area (Å²) in [4.78, 5) is 20.9. The molecule has 1 N–H and O–H groups in total. The Kier molecular flexibility index (Phi) is 8.69. The molecule has 0 aromatic heterocycles. The number of allylic oxidation sites excluding steroid dienone is 2. The smallest absolute Gasteiger partial charge is 0.475 e. The number of halogens is 3. The summed E-state index contributed by atoms with van der Waals surface area (Å²) in [6.07, 6.45) is -0.0498. The van der Waals surface area contributed by atoms with Crippen LogP contribution in [0.3, 0.4) is 0 Å². The summed E-state index contributed by atoms with van der Waals surface area (Å²) >= 11 is 0.495. The van der Waals surface area contributed by atoms with Crippen LogP contribution in [0.2, 0.25) is 0 Å². The number of ketones is 1. The first-order valence-corrected chi connectivity index (χ1v) is 9.80. The maximum absolute atomic E-state index is 12.0. The Balaban J connectivity index is 0.000000585. The van der Waals surface area contributed by atoms with Gasteiger partial charge in [-0.1, -0.05) is 0 Å². The topological polar surface area (TPSA) is 63.6 Å². The van der Waals surface area contributed by atoms with Crippen LogP contribution < -0.4 is 0 Å². The molecule has 8 heteroatoms. The molecule has 0 fully saturated rings. The number of rotatable bonds is 4. The van der Waals surface area contributed by atoms with Gasteiger partial charge in [0.15, 0.2) is 0 Å². The van der Waals surface area contributed by atoms with Gasteiger partial charge in [-0.15, -0.1) is 0 Å². The molecule has 1 atom stereocenters. The SMILES string of the molecule is CCCCC1=CC(=O)/C(=[C](/C)[Hg])C1(C)OC.O=C(O)C(F)(F)F. The minimum absolute atomic E-state index is 0.169. The zero-order valence-electron chi connectivity index (χ0n) is 13.7. The van der Waals surface area contributed by atoms with E-state index in [0.29, 0.717) is 26.1 Å². The number of hydrogen-bond acceptors (Lipinski definition) is 3. The second-order valence-electron chi connectivity index (χ2n) is 5.33. The molecule has 0 aromatic rings. The molecular formula is C15H20F3HgO4. The summed E-state index contributed by atoms with van der Waals surface area (Å²) in [6.45, 7) is 6.26. The molecule has 0 aromatic carbocycles. The molecule has 1 aliphatic carbocycles. The molecule has 0 heterocycles. The average Bonchev–Trinajstić information content (AvgIpc) is 2.67. The Morgan fingerprint density at radius 1 is 1.43 bits per heavy atom. The van der Waals surface area contributed by atoms with Gasteiger partial charge in [0.2, 0.25) is 0 Å². The summed E-state index contributed by atoms with van der Waals surface area (Å²) < 4.78 is 38.6. The fourth-order valence-electron chi connectivity index (χ4n) is 2.29. The van der Waals surface area contributed by atoms with E-state index in [9.17, 15) is 18.0 Å². The van der Waals surface area contributed by atoms with E-state index in [4.69, 9.17) is 14.6 Å². The molecule has 4 nitrogen and oxygen atoms in total. The van der Waals surface area contributed by atoms with Crippen molar-refractivity contribution in [1.29, 1.82) is 0 Å². The van der Waals surface area contributed by atoms with E-state index in [2.05, 4.69) is 13.8 Å². The molecule has 127 valence electrons. The maximum Gasteiger partial charge on any atom is 0.490 e. The molecule has 1 rings (SSSR count). The third-order valence-electron chi connectivity index (χ3n) is 3.52. The predicted molar refractivity (Wildman–Crippen MR) is 74.4 cm³/mol. The molecule has 0 saturated carbocycles. The van der Waals surface area contributed by atoms with Gasteiger partial charge >= 0.3 is 127 Å². The molecule has 0 radical (unpaired) electrons. The third-order valence-corrected chi connectivity index (χ3v) is 4.89. The normalized spacial score (nSPS) is 23.2. The minimum Gasteiger partial charge on any atom is -0.475 e. The molecule has 1 unspecified atom stereocenters. The van der Waals surface area contributed by atoms with Crippen molar-refractivity contribution in [3.8, 4) is 0 Å². The van der Waals surface area contributed by atoms with E-state index < -0.39 is 17.7 Å². The summed E-state index contributed by atoms with van der Waals surface area (Å²) in [5, 5.41) is 7.12. The van der Waals surface area contributed by atoms with Gasteiger partial charge in [-0.3, -0.25) is 0 Å². The Morgan fingerprint density at radius 2 is 1.91 bits per heavy atom. The summed E-state index contributed by atoms with van der Waals surface area (Å²) in [5.74, 6) is -2.59. The van der Waals surface area contributed by atoms with Crippen LogP contribution in [-0.2, 0) is 40.4 Å². The standard InChI is InChI=1S/C13H19O2.C2HF3O2.Hg/c1-5-7-8-10-9-12(14)11(6-2)13(10,3)15-4;3-2(4,5)1(6)7;/h9H,5,7-8H2,1-4H3;(H,6,7);. The van der Waals surface area contributed by atoms with Gasteiger partial charge in [0.1, 0.15) is 0 Å². The van der Waals surface area contributed by atoms with Gasteiger partial charge in [0, 0.05) is 0 Å². The van der Waals surface area contributed by atoms with Crippen molar-refractivity contribution < 1.29 is 58.7 Å². The van der Waals surface area contributed by atoms with E-state index in [1.165, 1.54) is 3.08 Å². The molecule has 0 saturated heterocycles. The van der Waals surface area contributed by atoms with Gasteiger partial charge in [0.25, 0.3) is 0 Å². The molecule has 0 aliphatic heterocycles. The van der Waals surface area contributed by atoms with Crippen molar-refractivity contribution in [1.82, 2.24) is 0 Å². The van der Waals surface area contributed by atoms with Crippen molar-refractivity contribution in [2.24, 2.45) is 0 Å². The second-order valence-corrected chi connectivity index (χ2v) is 9.46. The van der Waals surface area contributed by atoms with Crippen LogP contribution in [0.15, 0.2) is 20.3 Å². The number of alkyl halides is 3. The largest absolute Gasteiger partial charge is 0.490 e. The number of carbonyl (C=O) groups excluding carboxylic acids is 1. The average molecular weight is 522 g/mol. The number of carboxylic acid groups (broad SMARTS) is 1. The van der Waals surface area contributed by atoms with Crippen LogP contribution >= 0.6 is 0 Å². The van der Waals surface area contributed by atoms with Crippen LogP contribution in [-0.4, -0.2) is 35.7 Å². The van der Waals surface area contributed by atoms with E-state index in [-0.39, 0.29) is 5.78 Å². The summed E-state index contributed by atoms with van der Waals surface area (Å²) in [6, 6.07) is 0. The molecular weight excluding hydrogens is 502 g/mol. The number of carbonyl (C=O) groups is 2. The molecule has 23 heavy (non-hydrogen) atoms. The number of carboxylic acids is 1. The number of ether oxygens (including phenoxy) is 1. The predicted octanol–water partition coefficient (Wildman–Crippen LogP) is 3.54. The fraction of sp³-hybridized carbons (Fsp3) is 0.600. The first-order chi connectivity index (χ1) is 10.4. The van der Waals surface area contributed by atoms with Crippen molar-refractivity contribution in [2.45, 2.75) is 51.8 Å². The fourth-order valence-corrected chi connectivity index (χ4v) is 4.28. The van der Waals surface area contributed by atoms with Gasteiger partial charge < -0.3 is 5.11 Å². The maximum atomic E-state index is 12.0. The number of methoxy groups -OCH3 is 1. The quantitative estimate of drug-likeness (QED) is 0.454. The number of hydrogen-bond donors (Lipinski definition) is 1. The van der Waals surface area contributed by atoms with Crippen molar-refractivity contribution in [3.63, 3.8) is 0 Å². The Morgan fingerprint density at radius 3 is 2.22 bits per heavy atom.